The Hall–Kier alpha value is -1.97. The maximum absolute atomic E-state index is 12.3. The fraction of sp³-hybridized carbons (Fsp3) is 0.550. The van der Waals surface area contributed by atoms with Gasteiger partial charge in [0.15, 0.2) is 0 Å². The van der Waals surface area contributed by atoms with E-state index in [4.69, 9.17) is 4.74 Å². The molecule has 1 atom stereocenters. The Kier molecular flexibility index (Phi) is 4.33. The molecule has 1 heterocycles. The Bertz CT molecular complexity index is 659. The van der Waals surface area contributed by atoms with Crippen molar-refractivity contribution < 1.29 is 14.6 Å². The second kappa shape index (κ2) is 6.15. The quantitative estimate of drug-likeness (QED) is 0.759. The second-order valence-electron chi connectivity index (χ2n) is 8.05. The zero-order chi connectivity index (χ0) is 17.4. The normalized spacial score (nSPS) is 24.1. The number of benzene rings is 1. The van der Waals surface area contributed by atoms with E-state index in [1.807, 2.05) is 49.9 Å². The van der Waals surface area contributed by atoms with Gasteiger partial charge in [-0.05, 0) is 63.5 Å². The van der Waals surface area contributed by atoms with E-state index in [0.29, 0.717) is 18.8 Å². The van der Waals surface area contributed by atoms with Crippen molar-refractivity contribution in [1.82, 2.24) is 4.90 Å². The average Bonchev–Trinajstić information content (AvgIpc) is 2.68. The molecule has 1 unspecified atom stereocenters. The number of fused-ring (bicyclic) bond motifs is 1. The molecule has 1 aromatic carbocycles. The molecular weight excluding hydrogens is 302 g/mol. The van der Waals surface area contributed by atoms with Crippen molar-refractivity contribution in [2.75, 3.05) is 13.1 Å². The van der Waals surface area contributed by atoms with Crippen LogP contribution in [0, 0.1) is 5.41 Å². The highest BCUT2D eigenvalue weighted by molar-refractivity contribution is 5.68. The van der Waals surface area contributed by atoms with Crippen molar-refractivity contribution in [3.8, 4) is 0 Å². The molecule has 1 aromatic rings. The van der Waals surface area contributed by atoms with Gasteiger partial charge in [0, 0.05) is 18.7 Å². The highest BCUT2D eigenvalue weighted by Crippen LogP contribution is 2.43. The van der Waals surface area contributed by atoms with Crippen LogP contribution in [0.2, 0.25) is 0 Å². The Morgan fingerprint density at radius 1 is 1.21 bits per heavy atom. The lowest BCUT2D eigenvalue weighted by Gasteiger charge is -2.34. The molecule has 1 fully saturated rings. The number of likely N-dealkylation sites (tertiary alicyclic amines) is 1. The van der Waals surface area contributed by atoms with Gasteiger partial charge in [0.25, 0.3) is 0 Å². The first-order valence-electron chi connectivity index (χ1n) is 8.76. The molecule has 1 aliphatic carbocycles. The van der Waals surface area contributed by atoms with Crippen LogP contribution in [0.4, 0.5) is 4.79 Å². The van der Waals surface area contributed by atoms with Crippen LogP contribution < -0.4 is 0 Å². The maximum Gasteiger partial charge on any atom is 0.410 e. The molecule has 1 N–H and O–H groups in total. The van der Waals surface area contributed by atoms with Gasteiger partial charge in [-0.2, -0.15) is 0 Å². The number of rotatable bonds is 0. The van der Waals surface area contributed by atoms with Crippen LogP contribution in [-0.2, 0) is 11.2 Å². The number of carbonyl (C=O) groups excluding carboxylic acids is 1. The average molecular weight is 329 g/mol. The first-order chi connectivity index (χ1) is 11.3. The lowest BCUT2D eigenvalue weighted by atomic mass is 9.71. The fourth-order valence-electron chi connectivity index (χ4n) is 3.77. The molecular formula is C20H27NO3. The van der Waals surface area contributed by atoms with Gasteiger partial charge in [-0.25, -0.2) is 4.79 Å². The monoisotopic (exact) mass is 329 g/mol. The van der Waals surface area contributed by atoms with Gasteiger partial charge in [0.05, 0.1) is 0 Å². The zero-order valence-corrected chi connectivity index (χ0v) is 14.8. The van der Waals surface area contributed by atoms with Crippen LogP contribution in [0.3, 0.4) is 0 Å². The summed E-state index contributed by atoms with van der Waals surface area (Å²) in [4.78, 5) is 14.2. The molecule has 1 aliphatic heterocycles. The van der Waals surface area contributed by atoms with Gasteiger partial charge in [0.1, 0.15) is 11.4 Å². The van der Waals surface area contributed by atoms with E-state index in [1.54, 1.807) is 0 Å². The van der Waals surface area contributed by atoms with E-state index in [0.717, 1.165) is 31.2 Å². The first-order valence-corrected chi connectivity index (χ1v) is 8.76. The van der Waals surface area contributed by atoms with Crippen molar-refractivity contribution in [1.29, 1.82) is 0 Å². The van der Waals surface area contributed by atoms with Crippen molar-refractivity contribution in [2.45, 2.75) is 52.1 Å². The molecule has 1 spiro atoms. The summed E-state index contributed by atoms with van der Waals surface area (Å²) in [5, 5.41) is 10.5. The Morgan fingerprint density at radius 3 is 2.71 bits per heavy atom. The van der Waals surface area contributed by atoms with Crippen LogP contribution in [0.15, 0.2) is 30.3 Å². The Labute approximate surface area is 144 Å². The van der Waals surface area contributed by atoms with Crippen molar-refractivity contribution in [2.24, 2.45) is 5.41 Å². The summed E-state index contributed by atoms with van der Waals surface area (Å²) in [6, 6.07) is 8.04. The third-order valence-electron chi connectivity index (χ3n) is 4.91. The lowest BCUT2D eigenvalue weighted by molar-refractivity contribution is 0.0253. The number of aliphatic hydroxyl groups excluding tert-OH is 1. The number of hydrogen-bond donors (Lipinski definition) is 1. The summed E-state index contributed by atoms with van der Waals surface area (Å²) < 4.78 is 5.51. The summed E-state index contributed by atoms with van der Waals surface area (Å²) in [5.41, 5.74) is 1.61. The van der Waals surface area contributed by atoms with E-state index >= 15 is 0 Å². The molecule has 4 heteroatoms. The van der Waals surface area contributed by atoms with Crippen molar-refractivity contribution >= 4 is 11.9 Å². The van der Waals surface area contributed by atoms with Crippen molar-refractivity contribution in [3.05, 3.63) is 41.5 Å². The molecule has 130 valence electrons. The van der Waals surface area contributed by atoms with Gasteiger partial charge >= 0.3 is 6.09 Å². The Morgan fingerprint density at radius 2 is 1.96 bits per heavy atom. The first kappa shape index (κ1) is 16.9. The molecule has 0 aromatic heterocycles. The topological polar surface area (TPSA) is 49.8 Å². The minimum Gasteiger partial charge on any atom is -0.508 e. The minimum absolute atomic E-state index is 0.0603. The molecule has 24 heavy (non-hydrogen) atoms. The lowest BCUT2D eigenvalue weighted by Crippen LogP contribution is -2.38. The van der Waals surface area contributed by atoms with E-state index in [9.17, 15) is 9.90 Å². The number of nitrogens with zero attached hydrogens (tertiary/aromatic N) is 1. The molecule has 0 bridgehead atoms. The van der Waals surface area contributed by atoms with Crippen LogP contribution in [0.25, 0.3) is 5.76 Å². The van der Waals surface area contributed by atoms with Crippen molar-refractivity contribution in [3.63, 3.8) is 0 Å². The molecule has 4 nitrogen and oxygen atoms in total. The van der Waals surface area contributed by atoms with Crippen LogP contribution in [-0.4, -0.2) is 34.8 Å². The summed E-state index contributed by atoms with van der Waals surface area (Å²) in [7, 11) is 0. The predicted octanol–water partition coefficient (Wildman–Crippen LogP) is 4.55. The third kappa shape index (κ3) is 3.58. The smallest absolute Gasteiger partial charge is 0.410 e. The molecule has 2 aliphatic rings. The maximum atomic E-state index is 12.3. The number of amides is 1. The summed E-state index contributed by atoms with van der Waals surface area (Å²) in [6.45, 7) is 7.06. The number of ether oxygens (including phenoxy) is 1. The summed E-state index contributed by atoms with van der Waals surface area (Å²) in [5.74, 6) is 0.377. The SMILES string of the molecule is CC(C)(C)OC(=O)N1CCCC2(C=C(O)c3ccccc3C2)CC1. The van der Waals surface area contributed by atoms with E-state index in [1.165, 1.54) is 5.56 Å². The van der Waals surface area contributed by atoms with Gasteiger partial charge in [-0.3, -0.25) is 0 Å². The summed E-state index contributed by atoms with van der Waals surface area (Å²) >= 11 is 0. The Balaban J connectivity index is 1.75. The molecule has 1 saturated heterocycles. The molecule has 0 saturated carbocycles. The van der Waals surface area contributed by atoms with Gasteiger partial charge in [-0.15, -0.1) is 0 Å². The standard InChI is InChI=1S/C20H27NO3/c1-19(2,3)24-18(23)21-11-6-9-20(10-12-21)13-15-7-4-5-8-16(15)17(22)14-20/h4-5,7-8,14,22H,6,9-13H2,1-3H3. The molecule has 0 radical (unpaired) electrons. The van der Waals surface area contributed by atoms with Crippen LogP contribution in [0.1, 0.15) is 51.2 Å². The zero-order valence-electron chi connectivity index (χ0n) is 14.8. The van der Waals surface area contributed by atoms with E-state index in [2.05, 4.69) is 6.07 Å². The van der Waals surface area contributed by atoms with Crippen LogP contribution in [0.5, 0.6) is 0 Å². The van der Waals surface area contributed by atoms with Gasteiger partial charge < -0.3 is 14.7 Å². The fourth-order valence-corrected chi connectivity index (χ4v) is 3.77. The minimum atomic E-state index is -0.469. The van der Waals surface area contributed by atoms with Gasteiger partial charge in [0.2, 0.25) is 0 Å². The predicted molar refractivity (Wildman–Crippen MR) is 94.8 cm³/mol. The third-order valence-corrected chi connectivity index (χ3v) is 4.91. The number of aliphatic hydroxyl groups is 1. The number of carbonyl (C=O) groups is 1. The summed E-state index contributed by atoms with van der Waals surface area (Å²) in [6.07, 6.45) is 5.47. The van der Waals surface area contributed by atoms with Gasteiger partial charge in [-0.1, -0.05) is 24.3 Å². The second-order valence-corrected chi connectivity index (χ2v) is 8.05. The molecule has 3 rings (SSSR count). The number of allylic oxidation sites excluding steroid dienone is 1. The highest BCUT2D eigenvalue weighted by Gasteiger charge is 2.36. The highest BCUT2D eigenvalue weighted by atomic mass is 16.6. The molecule has 1 amide bonds. The van der Waals surface area contributed by atoms with E-state index in [-0.39, 0.29) is 11.5 Å². The number of hydrogen-bond acceptors (Lipinski definition) is 3. The largest absolute Gasteiger partial charge is 0.508 e. The van der Waals surface area contributed by atoms with Crippen LogP contribution >= 0.6 is 0 Å². The van der Waals surface area contributed by atoms with E-state index < -0.39 is 5.60 Å².